The molecule has 0 amide bonds. The van der Waals surface area contributed by atoms with Gasteiger partial charge < -0.3 is 5.11 Å². The van der Waals surface area contributed by atoms with Gasteiger partial charge in [-0.2, -0.15) is 5.26 Å². The van der Waals surface area contributed by atoms with Crippen molar-refractivity contribution < 1.29 is 5.11 Å². The van der Waals surface area contributed by atoms with E-state index in [1.54, 1.807) is 0 Å². The molecule has 1 atom stereocenters. The van der Waals surface area contributed by atoms with Crippen LogP contribution >= 0.6 is 0 Å². The predicted molar refractivity (Wildman–Crippen MR) is 105 cm³/mol. The maximum atomic E-state index is 10.3. The Morgan fingerprint density at radius 1 is 1.00 bits per heavy atom. The van der Waals surface area contributed by atoms with Gasteiger partial charge in [-0.3, -0.25) is 4.90 Å². The Labute approximate surface area is 156 Å². The zero-order valence-corrected chi connectivity index (χ0v) is 15.7. The SMILES string of the molecule is CC(C)(CCC(C#N)(c1ccccc1)c1ccccc1)N1CC[C@@H](O)C1. The number of hydrogen-bond donors (Lipinski definition) is 1. The van der Waals surface area contributed by atoms with Gasteiger partial charge in [-0.25, -0.2) is 0 Å². The number of aliphatic hydroxyl groups excluding tert-OH is 1. The minimum absolute atomic E-state index is 0.0524. The first-order valence-corrected chi connectivity index (χ1v) is 9.43. The zero-order valence-electron chi connectivity index (χ0n) is 15.7. The smallest absolute Gasteiger partial charge is 0.107 e. The first-order valence-electron chi connectivity index (χ1n) is 9.43. The second-order valence-corrected chi connectivity index (χ2v) is 7.95. The number of benzene rings is 2. The van der Waals surface area contributed by atoms with Crippen LogP contribution in [0.3, 0.4) is 0 Å². The highest BCUT2D eigenvalue weighted by Crippen LogP contribution is 2.39. The minimum atomic E-state index is -0.655. The van der Waals surface area contributed by atoms with Gasteiger partial charge in [0.15, 0.2) is 0 Å². The Hall–Kier alpha value is -2.15. The molecule has 3 rings (SSSR count). The van der Waals surface area contributed by atoms with E-state index in [0.717, 1.165) is 43.5 Å². The van der Waals surface area contributed by atoms with Crippen molar-refractivity contribution in [2.75, 3.05) is 13.1 Å². The molecule has 0 radical (unpaired) electrons. The van der Waals surface area contributed by atoms with Crippen LogP contribution in [0.5, 0.6) is 0 Å². The largest absolute Gasteiger partial charge is 0.392 e. The van der Waals surface area contributed by atoms with Crippen LogP contribution in [-0.4, -0.2) is 34.7 Å². The molecule has 1 aliphatic heterocycles. The van der Waals surface area contributed by atoms with Crippen molar-refractivity contribution in [2.45, 2.75) is 50.2 Å². The van der Waals surface area contributed by atoms with Gasteiger partial charge in [-0.1, -0.05) is 60.7 Å². The molecule has 3 heteroatoms. The summed E-state index contributed by atoms with van der Waals surface area (Å²) in [5, 5.41) is 20.2. The summed E-state index contributed by atoms with van der Waals surface area (Å²) in [6.07, 6.45) is 2.25. The van der Waals surface area contributed by atoms with Crippen LogP contribution in [0.4, 0.5) is 0 Å². The normalized spacial score (nSPS) is 18.6. The molecule has 0 spiro atoms. The van der Waals surface area contributed by atoms with Gasteiger partial charge in [0.05, 0.1) is 12.2 Å². The fourth-order valence-electron chi connectivity index (χ4n) is 4.03. The van der Waals surface area contributed by atoms with Crippen LogP contribution in [0.25, 0.3) is 0 Å². The molecule has 0 bridgehead atoms. The van der Waals surface area contributed by atoms with Crippen LogP contribution in [0.1, 0.15) is 44.2 Å². The highest BCUT2D eigenvalue weighted by atomic mass is 16.3. The van der Waals surface area contributed by atoms with Gasteiger partial charge in [0, 0.05) is 18.6 Å². The van der Waals surface area contributed by atoms with Crippen LogP contribution in [-0.2, 0) is 5.41 Å². The lowest BCUT2D eigenvalue weighted by atomic mass is 9.70. The van der Waals surface area contributed by atoms with Crippen molar-refractivity contribution in [1.29, 1.82) is 5.26 Å². The fourth-order valence-corrected chi connectivity index (χ4v) is 4.03. The second kappa shape index (κ2) is 7.61. The topological polar surface area (TPSA) is 47.3 Å². The third-order valence-corrected chi connectivity index (χ3v) is 5.86. The average molecular weight is 348 g/mol. The van der Waals surface area contributed by atoms with Crippen LogP contribution < -0.4 is 0 Å². The first-order chi connectivity index (χ1) is 12.5. The number of nitriles is 1. The molecule has 1 saturated heterocycles. The summed E-state index contributed by atoms with van der Waals surface area (Å²) >= 11 is 0. The van der Waals surface area contributed by atoms with Gasteiger partial charge >= 0.3 is 0 Å². The maximum absolute atomic E-state index is 10.3. The molecule has 1 heterocycles. The lowest BCUT2D eigenvalue weighted by Gasteiger charge is -2.38. The molecule has 0 unspecified atom stereocenters. The highest BCUT2D eigenvalue weighted by molar-refractivity contribution is 5.45. The van der Waals surface area contributed by atoms with E-state index in [9.17, 15) is 10.4 Å². The van der Waals surface area contributed by atoms with Gasteiger partial charge in [-0.05, 0) is 44.2 Å². The average Bonchev–Trinajstić information content (AvgIpc) is 3.12. The second-order valence-electron chi connectivity index (χ2n) is 7.95. The van der Waals surface area contributed by atoms with Gasteiger partial charge in [0.1, 0.15) is 5.41 Å². The lowest BCUT2D eigenvalue weighted by Crippen LogP contribution is -2.44. The third kappa shape index (κ3) is 3.67. The van der Waals surface area contributed by atoms with Crippen molar-refractivity contribution in [1.82, 2.24) is 4.90 Å². The predicted octanol–water partition coefficient (Wildman–Crippen LogP) is 4.12. The number of likely N-dealkylation sites (tertiary alicyclic amines) is 1. The quantitative estimate of drug-likeness (QED) is 0.854. The van der Waals surface area contributed by atoms with E-state index < -0.39 is 5.41 Å². The molecule has 0 aromatic heterocycles. The summed E-state index contributed by atoms with van der Waals surface area (Å²) in [6.45, 7) is 6.10. The van der Waals surface area contributed by atoms with Crippen molar-refractivity contribution >= 4 is 0 Å². The number of nitrogens with zero attached hydrogens (tertiary/aromatic N) is 2. The standard InChI is InChI=1S/C23H28N2O/c1-22(2,25-16-13-21(26)17-25)14-15-23(18-24,19-9-5-3-6-10-19)20-11-7-4-8-12-20/h3-12,21,26H,13-17H2,1-2H3/t21-/m1/s1. The molecule has 1 fully saturated rings. The zero-order chi connectivity index (χ0) is 18.6. The molecule has 2 aromatic rings. The van der Waals surface area contributed by atoms with Gasteiger partial charge in [-0.15, -0.1) is 0 Å². The molecule has 3 nitrogen and oxygen atoms in total. The Kier molecular flexibility index (Phi) is 5.46. The van der Waals surface area contributed by atoms with Crippen LogP contribution in [0.2, 0.25) is 0 Å². The number of rotatable bonds is 6. The summed E-state index contributed by atoms with van der Waals surface area (Å²) in [7, 11) is 0. The van der Waals surface area contributed by atoms with Crippen molar-refractivity contribution in [3.63, 3.8) is 0 Å². The Morgan fingerprint density at radius 2 is 1.54 bits per heavy atom. The van der Waals surface area contributed by atoms with Crippen molar-refractivity contribution in [3.8, 4) is 6.07 Å². The molecule has 1 aliphatic rings. The Morgan fingerprint density at radius 3 is 1.96 bits per heavy atom. The fraction of sp³-hybridized carbons (Fsp3) is 0.435. The molecular weight excluding hydrogens is 320 g/mol. The lowest BCUT2D eigenvalue weighted by molar-refractivity contribution is 0.107. The van der Waals surface area contributed by atoms with E-state index in [1.807, 2.05) is 36.4 Å². The number of hydrogen-bond acceptors (Lipinski definition) is 3. The molecule has 0 aliphatic carbocycles. The summed E-state index contributed by atoms with van der Waals surface area (Å²) in [4.78, 5) is 2.36. The van der Waals surface area contributed by atoms with E-state index in [0.29, 0.717) is 0 Å². The van der Waals surface area contributed by atoms with Crippen molar-refractivity contribution in [2.24, 2.45) is 0 Å². The molecule has 0 saturated carbocycles. The third-order valence-electron chi connectivity index (χ3n) is 5.86. The molecular formula is C23H28N2O. The van der Waals surface area contributed by atoms with E-state index in [-0.39, 0.29) is 11.6 Å². The van der Waals surface area contributed by atoms with E-state index in [1.165, 1.54) is 0 Å². The Balaban J connectivity index is 1.91. The highest BCUT2D eigenvalue weighted by Gasteiger charge is 2.39. The summed E-state index contributed by atoms with van der Waals surface area (Å²) in [5.41, 5.74) is 1.39. The number of β-amino-alcohol motifs (C(OH)–C–C–N with tert-alkyl or cyclic N) is 1. The van der Waals surface area contributed by atoms with Gasteiger partial charge in [0.2, 0.25) is 0 Å². The maximum Gasteiger partial charge on any atom is 0.107 e. The monoisotopic (exact) mass is 348 g/mol. The summed E-state index contributed by atoms with van der Waals surface area (Å²) in [5.74, 6) is 0. The minimum Gasteiger partial charge on any atom is -0.392 e. The van der Waals surface area contributed by atoms with E-state index >= 15 is 0 Å². The summed E-state index contributed by atoms with van der Waals surface area (Å²) in [6, 6.07) is 22.9. The van der Waals surface area contributed by atoms with Crippen LogP contribution in [0.15, 0.2) is 60.7 Å². The van der Waals surface area contributed by atoms with Gasteiger partial charge in [0.25, 0.3) is 0 Å². The number of aliphatic hydroxyl groups is 1. The molecule has 136 valence electrons. The first kappa shape index (κ1) is 18.6. The van der Waals surface area contributed by atoms with E-state index in [2.05, 4.69) is 49.1 Å². The molecule has 26 heavy (non-hydrogen) atoms. The Bertz CT molecular complexity index is 709. The van der Waals surface area contributed by atoms with E-state index in [4.69, 9.17) is 0 Å². The molecule has 1 N–H and O–H groups in total. The van der Waals surface area contributed by atoms with Crippen molar-refractivity contribution in [3.05, 3.63) is 71.8 Å². The van der Waals surface area contributed by atoms with Crippen LogP contribution in [0, 0.1) is 11.3 Å². The molecule has 2 aromatic carbocycles. The summed E-state index contributed by atoms with van der Waals surface area (Å²) < 4.78 is 0.